The van der Waals surface area contributed by atoms with Gasteiger partial charge < -0.3 is 5.73 Å². The van der Waals surface area contributed by atoms with E-state index in [1.54, 1.807) is 0 Å². The maximum Gasteiger partial charge on any atom is 0.0303 e. The van der Waals surface area contributed by atoms with Crippen molar-refractivity contribution in [2.24, 2.45) is 5.73 Å². The molecule has 0 heterocycles. The molecule has 1 aliphatic rings. The third kappa shape index (κ3) is 1.49. The number of hydrogen-bond acceptors (Lipinski definition) is 1. The average molecular weight is 175 g/mol. The van der Waals surface area contributed by atoms with Crippen LogP contribution in [0.25, 0.3) is 0 Å². The molecule has 13 heavy (non-hydrogen) atoms. The molecule has 1 aliphatic carbocycles. The molecule has 0 bridgehead atoms. The maximum absolute atomic E-state index is 6.07. The van der Waals surface area contributed by atoms with E-state index in [2.05, 4.69) is 31.2 Å². The molecule has 0 fully saturated rings. The van der Waals surface area contributed by atoms with Crippen LogP contribution < -0.4 is 5.73 Å². The first-order valence-corrected chi connectivity index (χ1v) is 5.17. The van der Waals surface area contributed by atoms with Gasteiger partial charge in [0.15, 0.2) is 0 Å². The molecular formula is C12H17N. The van der Waals surface area contributed by atoms with Gasteiger partial charge in [0, 0.05) is 6.04 Å². The molecule has 2 atom stereocenters. The largest absolute Gasteiger partial charge is 0.324 e. The van der Waals surface area contributed by atoms with Gasteiger partial charge in [0.25, 0.3) is 0 Å². The Hall–Kier alpha value is -0.820. The van der Waals surface area contributed by atoms with E-state index in [0.29, 0.717) is 0 Å². The second-order valence-corrected chi connectivity index (χ2v) is 3.96. The zero-order valence-electron chi connectivity index (χ0n) is 8.16. The molecule has 2 N–H and O–H groups in total. The van der Waals surface area contributed by atoms with Crippen LogP contribution in [0, 0.1) is 0 Å². The first-order valence-electron chi connectivity index (χ1n) is 5.17. The van der Waals surface area contributed by atoms with E-state index in [9.17, 15) is 0 Å². The molecule has 1 heteroatoms. The molecule has 0 saturated carbocycles. The van der Waals surface area contributed by atoms with Crippen molar-refractivity contribution in [2.75, 3.05) is 0 Å². The van der Waals surface area contributed by atoms with Crippen molar-refractivity contribution < 1.29 is 0 Å². The first kappa shape index (κ1) is 8.76. The van der Waals surface area contributed by atoms with Gasteiger partial charge in [-0.2, -0.15) is 0 Å². The molecule has 0 spiro atoms. The minimum absolute atomic E-state index is 0.285. The fourth-order valence-electron chi connectivity index (χ4n) is 2.40. The average Bonchev–Trinajstić information content (AvgIpc) is 2.46. The van der Waals surface area contributed by atoms with Gasteiger partial charge in [-0.05, 0) is 29.9 Å². The Morgan fingerprint density at radius 1 is 1.31 bits per heavy atom. The van der Waals surface area contributed by atoms with E-state index in [4.69, 9.17) is 5.73 Å². The minimum Gasteiger partial charge on any atom is -0.324 e. The second-order valence-electron chi connectivity index (χ2n) is 3.96. The summed E-state index contributed by atoms with van der Waals surface area (Å²) in [5.74, 6) is 0.719. The first-order chi connectivity index (χ1) is 6.33. The molecular weight excluding hydrogens is 158 g/mol. The monoisotopic (exact) mass is 175 g/mol. The fourth-order valence-corrected chi connectivity index (χ4v) is 2.40. The van der Waals surface area contributed by atoms with E-state index in [-0.39, 0.29) is 6.04 Å². The Bertz CT molecular complexity index is 293. The summed E-state index contributed by atoms with van der Waals surface area (Å²) in [7, 11) is 0. The van der Waals surface area contributed by atoms with Crippen molar-refractivity contribution in [1.29, 1.82) is 0 Å². The SMILES string of the molecule is CCCC1CC(N)c2ccccc21. The smallest absolute Gasteiger partial charge is 0.0303 e. The van der Waals surface area contributed by atoms with E-state index >= 15 is 0 Å². The Kier molecular flexibility index (Phi) is 2.36. The predicted molar refractivity (Wildman–Crippen MR) is 55.6 cm³/mol. The predicted octanol–water partition coefficient (Wildman–Crippen LogP) is 2.97. The molecule has 0 aliphatic heterocycles. The molecule has 1 aromatic rings. The number of fused-ring (bicyclic) bond motifs is 1. The van der Waals surface area contributed by atoms with Gasteiger partial charge >= 0.3 is 0 Å². The van der Waals surface area contributed by atoms with Gasteiger partial charge in [0.05, 0.1) is 0 Å². The lowest BCUT2D eigenvalue weighted by Crippen LogP contribution is -2.05. The van der Waals surface area contributed by atoms with Crippen molar-refractivity contribution in [3.8, 4) is 0 Å². The fraction of sp³-hybridized carbons (Fsp3) is 0.500. The van der Waals surface area contributed by atoms with Crippen molar-refractivity contribution >= 4 is 0 Å². The van der Waals surface area contributed by atoms with Crippen LogP contribution in [0.2, 0.25) is 0 Å². The summed E-state index contributed by atoms with van der Waals surface area (Å²) < 4.78 is 0. The molecule has 2 unspecified atom stereocenters. The minimum atomic E-state index is 0.285. The van der Waals surface area contributed by atoms with Gasteiger partial charge in [-0.15, -0.1) is 0 Å². The van der Waals surface area contributed by atoms with Gasteiger partial charge in [-0.1, -0.05) is 37.6 Å². The van der Waals surface area contributed by atoms with Crippen molar-refractivity contribution in [1.82, 2.24) is 0 Å². The van der Waals surface area contributed by atoms with Crippen LogP contribution in [0.5, 0.6) is 0 Å². The highest BCUT2D eigenvalue weighted by Crippen LogP contribution is 2.40. The lowest BCUT2D eigenvalue weighted by atomic mass is 9.97. The number of rotatable bonds is 2. The molecule has 0 aromatic heterocycles. The van der Waals surface area contributed by atoms with Crippen LogP contribution >= 0.6 is 0 Å². The summed E-state index contributed by atoms with van der Waals surface area (Å²) in [6, 6.07) is 8.91. The van der Waals surface area contributed by atoms with Crippen LogP contribution in [0.1, 0.15) is 49.3 Å². The van der Waals surface area contributed by atoms with E-state index in [1.807, 2.05) is 0 Å². The molecule has 1 nitrogen and oxygen atoms in total. The summed E-state index contributed by atoms with van der Waals surface area (Å²) >= 11 is 0. The summed E-state index contributed by atoms with van der Waals surface area (Å²) in [6.07, 6.45) is 3.68. The highest BCUT2D eigenvalue weighted by molar-refractivity contribution is 5.37. The van der Waals surface area contributed by atoms with Gasteiger partial charge in [0.2, 0.25) is 0 Å². The standard InChI is InChI=1S/C12H17N/c1-2-5-9-8-12(13)11-7-4-3-6-10(9)11/h3-4,6-7,9,12H,2,5,8,13H2,1H3. The van der Waals surface area contributed by atoms with Crippen molar-refractivity contribution in [3.63, 3.8) is 0 Å². The third-order valence-electron chi connectivity index (χ3n) is 3.01. The van der Waals surface area contributed by atoms with Gasteiger partial charge in [0.1, 0.15) is 0 Å². The van der Waals surface area contributed by atoms with Crippen LogP contribution in [0.15, 0.2) is 24.3 Å². The van der Waals surface area contributed by atoms with Crippen molar-refractivity contribution in [2.45, 2.75) is 38.1 Å². The zero-order valence-corrected chi connectivity index (χ0v) is 8.16. The molecule has 70 valence electrons. The lowest BCUT2D eigenvalue weighted by Gasteiger charge is -2.08. The number of hydrogen-bond donors (Lipinski definition) is 1. The van der Waals surface area contributed by atoms with Crippen LogP contribution in [-0.4, -0.2) is 0 Å². The van der Waals surface area contributed by atoms with Crippen molar-refractivity contribution in [3.05, 3.63) is 35.4 Å². The Morgan fingerprint density at radius 2 is 2.00 bits per heavy atom. The summed E-state index contributed by atoms with van der Waals surface area (Å²) in [4.78, 5) is 0. The summed E-state index contributed by atoms with van der Waals surface area (Å²) in [5, 5.41) is 0. The molecule has 0 amide bonds. The normalized spacial score (nSPS) is 26.0. The Morgan fingerprint density at radius 3 is 2.69 bits per heavy atom. The van der Waals surface area contributed by atoms with Gasteiger partial charge in [-0.3, -0.25) is 0 Å². The van der Waals surface area contributed by atoms with Crippen LogP contribution in [-0.2, 0) is 0 Å². The Labute approximate surface area is 80.0 Å². The number of benzene rings is 1. The van der Waals surface area contributed by atoms with Crippen LogP contribution in [0.3, 0.4) is 0 Å². The van der Waals surface area contributed by atoms with Crippen LogP contribution in [0.4, 0.5) is 0 Å². The zero-order chi connectivity index (χ0) is 9.26. The van der Waals surface area contributed by atoms with E-state index in [1.165, 1.54) is 24.0 Å². The van der Waals surface area contributed by atoms with E-state index in [0.717, 1.165) is 12.3 Å². The highest BCUT2D eigenvalue weighted by atomic mass is 14.7. The topological polar surface area (TPSA) is 26.0 Å². The Balaban J connectivity index is 2.30. The quantitative estimate of drug-likeness (QED) is 0.734. The van der Waals surface area contributed by atoms with E-state index < -0.39 is 0 Å². The summed E-state index contributed by atoms with van der Waals surface area (Å²) in [6.45, 7) is 2.24. The molecule has 0 radical (unpaired) electrons. The highest BCUT2D eigenvalue weighted by Gasteiger charge is 2.26. The number of nitrogens with two attached hydrogens (primary N) is 1. The summed E-state index contributed by atoms with van der Waals surface area (Å²) in [5.41, 5.74) is 8.94. The second kappa shape index (κ2) is 3.51. The molecule has 2 rings (SSSR count). The third-order valence-corrected chi connectivity index (χ3v) is 3.01. The maximum atomic E-state index is 6.07. The molecule has 1 aromatic carbocycles. The van der Waals surface area contributed by atoms with Gasteiger partial charge in [-0.25, -0.2) is 0 Å². The molecule has 0 saturated heterocycles. The lowest BCUT2D eigenvalue weighted by molar-refractivity contribution is 0.560.